The maximum absolute atomic E-state index is 12.7. The summed E-state index contributed by atoms with van der Waals surface area (Å²) in [7, 11) is 0. The number of carbonyl (C=O) groups excluding carboxylic acids is 1. The van der Waals surface area contributed by atoms with Crippen molar-refractivity contribution in [2.75, 3.05) is 13.2 Å². The molecule has 0 radical (unpaired) electrons. The predicted molar refractivity (Wildman–Crippen MR) is 95.5 cm³/mol. The molecule has 0 aromatic heterocycles. The number of amides is 1. The van der Waals surface area contributed by atoms with Crippen LogP contribution in [0.1, 0.15) is 60.9 Å². The van der Waals surface area contributed by atoms with E-state index in [1.54, 1.807) is 0 Å². The van der Waals surface area contributed by atoms with E-state index in [0.29, 0.717) is 22.1 Å². The van der Waals surface area contributed by atoms with Crippen molar-refractivity contribution in [1.29, 1.82) is 0 Å². The molecule has 1 aromatic rings. The van der Waals surface area contributed by atoms with E-state index >= 15 is 0 Å². The Morgan fingerprint density at radius 2 is 2.04 bits per heavy atom. The van der Waals surface area contributed by atoms with Gasteiger partial charge >= 0.3 is 0 Å². The molecule has 3 aliphatic rings. The van der Waals surface area contributed by atoms with E-state index in [4.69, 9.17) is 16.3 Å². The van der Waals surface area contributed by atoms with E-state index in [9.17, 15) is 4.79 Å². The second kappa shape index (κ2) is 6.68. The fourth-order valence-electron chi connectivity index (χ4n) is 4.76. The minimum atomic E-state index is -0.0272. The summed E-state index contributed by atoms with van der Waals surface area (Å²) in [5, 5.41) is 3.73. The molecule has 1 amide bonds. The Hall–Kier alpha value is -1.06. The van der Waals surface area contributed by atoms with Gasteiger partial charge < -0.3 is 10.1 Å². The fourth-order valence-corrected chi connectivity index (χ4v) is 4.96. The molecule has 2 bridgehead atoms. The quantitative estimate of drug-likeness (QED) is 0.803. The van der Waals surface area contributed by atoms with Crippen LogP contribution in [0.2, 0.25) is 5.02 Å². The third-order valence-corrected chi connectivity index (χ3v) is 6.46. The van der Waals surface area contributed by atoms with Crippen LogP contribution in [-0.2, 0) is 11.2 Å². The summed E-state index contributed by atoms with van der Waals surface area (Å²) in [6, 6.07) is 5.76. The van der Waals surface area contributed by atoms with Crippen molar-refractivity contribution in [3.05, 3.63) is 34.3 Å². The van der Waals surface area contributed by atoms with Crippen molar-refractivity contribution in [1.82, 2.24) is 5.32 Å². The number of ether oxygens (including phenoxy) is 1. The molecule has 1 aliphatic heterocycles. The Morgan fingerprint density at radius 1 is 1.29 bits per heavy atom. The maximum atomic E-state index is 12.7. The third kappa shape index (κ3) is 3.62. The van der Waals surface area contributed by atoms with E-state index in [0.717, 1.165) is 31.1 Å². The van der Waals surface area contributed by atoms with E-state index in [-0.39, 0.29) is 5.91 Å². The molecule has 1 atom stereocenters. The minimum Gasteiger partial charge on any atom is -0.373 e. The molecule has 2 aliphatic carbocycles. The summed E-state index contributed by atoms with van der Waals surface area (Å²) in [5.74, 6) is 0.857. The number of fused-ring (bicyclic) bond motifs is 2. The van der Waals surface area contributed by atoms with Gasteiger partial charge in [0.1, 0.15) is 0 Å². The lowest BCUT2D eigenvalue weighted by atomic mass is 9.62. The first-order valence-electron chi connectivity index (χ1n) is 9.32. The Bertz CT molecular complexity index is 616. The van der Waals surface area contributed by atoms with Gasteiger partial charge in [-0.25, -0.2) is 0 Å². The molecular weight excluding hydrogens is 322 g/mol. The van der Waals surface area contributed by atoms with Crippen molar-refractivity contribution in [3.63, 3.8) is 0 Å². The summed E-state index contributed by atoms with van der Waals surface area (Å²) in [5.41, 5.74) is 2.07. The Morgan fingerprint density at radius 3 is 2.75 bits per heavy atom. The van der Waals surface area contributed by atoms with E-state index in [1.807, 2.05) is 18.2 Å². The van der Waals surface area contributed by atoms with Crippen LogP contribution in [0.5, 0.6) is 0 Å². The second-order valence-electron chi connectivity index (χ2n) is 8.01. The molecule has 3 fully saturated rings. The van der Waals surface area contributed by atoms with Gasteiger partial charge in [-0.05, 0) is 48.3 Å². The van der Waals surface area contributed by atoms with Crippen molar-refractivity contribution >= 4 is 17.5 Å². The molecule has 24 heavy (non-hydrogen) atoms. The standard InChI is InChI=1S/C20H26ClNO2/c21-18-6-5-15(9-16-12-24-16)10-17(18)19(23)22-13-20-7-1-3-14(11-20)4-2-8-20/h5-6,10,14,16H,1-4,7-9,11-13H2,(H,22,23)/t14?,16-,20?/m1/s1. The highest BCUT2D eigenvalue weighted by atomic mass is 35.5. The normalized spacial score (nSPS) is 31.5. The lowest BCUT2D eigenvalue weighted by Gasteiger charge is -2.45. The molecule has 1 heterocycles. The largest absolute Gasteiger partial charge is 0.373 e. The highest BCUT2D eigenvalue weighted by Crippen LogP contribution is 2.48. The smallest absolute Gasteiger partial charge is 0.252 e. The van der Waals surface area contributed by atoms with Gasteiger partial charge in [0.05, 0.1) is 23.3 Å². The van der Waals surface area contributed by atoms with Crippen molar-refractivity contribution in [2.45, 2.75) is 57.5 Å². The molecule has 3 nitrogen and oxygen atoms in total. The fraction of sp³-hybridized carbons (Fsp3) is 0.650. The Balaban J connectivity index is 1.42. The number of carbonyl (C=O) groups is 1. The zero-order valence-corrected chi connectivity index (χ0v) is 14.9. The maximum Gasteiger partial charge on any atom is 0.252 e. The van der Waals surface area contributed by atoms with Crippen molar-refractivity contribution < 1.29 is 9.53 Å². The number of halogens is 1. The van der Waals surface area contributed by atoms with Gasteiger partial charge in [0.2, 0.25) is 0 Å². The number of hydrogen-bond donors (Lipinski definition) is 1. The molecule has 1 N–H and O–H groups in total. The van der Waals surface area contributed by atoms with Crippen LogP contribution in [0.4, 0.5) is 0 Å². The first-order valence-corrected chi connectivity index (χ1v) is 9.70. The van der Waals surface area contributed by atoms with Gasteiger partial charge in [0.15, 0.2) is 0 Å². The van der Waals surface area contributed by atoms with Crippen LogP contribution in [0, 0.1) is 11.3 Å². The summed E-state index contributed by atoms with van der Waals surface area (Å²) in [6.45, 7) is 1.63. The molecule has 4 heteroatoms. The second-order valence-corrected chi connectivity index (χ2v) is 8.42. The number of nitrogens with one attached hydrogen (secondary N) is 1. The van der Waals surface area contributed by atoms with Crippen LogP contribution in [0.25, 0.3) is 0 Å². The number of epoxide rings is 1. The number of rotatable bonds is 5. The van der Waals surface area contributed by atoms with Crippen LogP contribution in [-0.4, -0.2) is 25.2 Å². The lowest BCUT2D eigenvalue weighted by Crippen LogP contribution is -2.43. The SMILES string of the molecule is O=C(NCC12CCCC(CCC1)C2)c1cc(C[C@@H]2CO2)ccc1Cl. The molecule has 1 aromatic carbocycles. The summed E-state index contributed by atoms with van der Waals surface area (Å²) < 4.78 is 5.28. The summed E-state index contributed by atoms with van der Waals surface area (Å²) in [4.78, 5) is 12.7. The zero-order chi connectivity index (χ0) is 16.6. The Kier molecular flexibility index (Phi) is 4.57. The van der Waals surface area contributed by atoms with Gasteiger partial charge in [-0.1, -0.05) is 43.4 Å². The average molecular weight is 348 g/mol. The minimum absolute atomic E-state index is 0.0272. The predicted octanol–water partition coefficient (Wildman–Crippen LogP) is 4.37. The highest BCUT2D eigenvalue weighted by Gasteiger charge is 2.39. The van der Waals surface area contributed by atoms with E-state index < -0.39 is 0 Å². The first kappa shape index (κ1) is 16.4. The van der Waals surface area contributed by atoms with Crippen LogP contribution in [0.15, 0.2) is 18.2 Å². The van der Waals surface area contributed by atoms with E-state index in [1.165, 1.54) is 44.9 Å². The summed E-state index contributed by atoms with van der Waals surface area (Å²) >= 11 is 6.28. The molecule has 4 rings (SSSR count). The highest BCUT2D eigenvalue weighted by molar-refractivity contribution is 6.33. The zero-order valence-electron chi connectivity index (χ0n) is 14.2. The number of hydrogen-bond acceptors (Lipinski definition) is 2. The molecule has 1 saturated heterocycles. The van der Waals surface area contributed by atoms with Gasteiger partial charge in [-0.15, -0.1) is 0 Å². The van der Waals surface area contributed by atoms with Crippen LogP contribution in [0.3, 0.4) is 0 Å². The van der Waals surface area contributed by atoms with Crippen molar-refractivity contribution in [2.24, 2.45) is 11.3 Å². The van der Waals surface area contributed by atoms with E-state index in [2.05, 4.69) is 5.32 Å². The molecule has 2 saturated carbocycles. The molecule has 0 unspecified atom stereocenters. The first-order chi connectivity index (χ1) is 11.6. The van der Waals surface area contributed by atoms with Gasteiger partial charge in [-0.3, -0.25) is 4.79 Å². The Labute approximate surface area is 149 Å². The molecular formula is C20H26ClNO2. The third-order valence-electron chi connectivity index (χ3n) is 6.13. The molecule has 130 valence electrons. The summed E-state index contributed by atoms with van der Waals surface area (Å²) in [6.07, 6.45) is 10.4. The van der Waals surface area contributed by atoms with Gasteiger partial charge in [0, 0.05) is 13.0 Å². The van der Waals surface area contributed by atoms with Crippen LogP contribution >= 0.6 is 11.6 Å². The lowest BCUT2D eigenvalue weighted by molar-refractivity contribution is 0.0681. The monoisotopic (exact) mass is 347 g/mol. The van der Waals surface area contributed by atoms with Crippen molar-refractivity contribution in [3.8, 4) is 0 Å². The topological polar surface area (TPSA) is 41.6 Å². The average Bonchev–Trinajstić information content (AvgIpc) is 3.39. The molecule has 0 spiro atoms. The van der Waals surface area contributed by atoms with Gasteiger partial charge in [0.25, 0.3) is 5.91 Å². The van der Waals surface area contributed by atoms with Gasteiger partial charge in [-0.2, -0.15) is 0 Å². The van der Waals surface area contributed by atoms with Crippen LogP contribution < -0.4 is 5.32 Å². The number of benzene rings is 1.